The highest BCUT2D eigenvalue weighted by Gasteiger charge is 2.38. The quantitative estimate of drug-likeness (QED) is 0.351. The van der Waals surface area contributed by atoms with Gasteiger partial charge >= 0.3 is 0 Å². The minimum atomic E-state index is -0.700. The Labute approximate surface area is 211 Å². The van der Waals surface area contributed by atoms with Gasteiger partial charge in [0.05, 0.1) is 29.4 Å². The molecule has 1 aromatic carbocycles. The topological polar surface area (TPSA) is 86.2 Å². The van der Waals surface area contributed by atoms with E-state index in [2.05, 4.69) is 44.5 Å². The molecule has 4 heterocycles. The van der Waals surface area contributed by atoms with Crippen molar-refractivity contribution in [3.8, 4) is 0 Å². The maximum absolute atomic E-state index is 13.4. The highest BCUT2D eigenvalue weighted by molar-refractivity contribution is 5.93. The van der Waals surface area contributed by atoms with Crippen LogP contribution in [-0.4, -0.2) is 44.9 Å². The van der Waals surface area contributed by atoms with Gasteiger partial charge in [0.25, 0.3) is 5.56 Å². The largest absolute Gasteiger partial charge is 0.390 e. The van der Waals surface area contributed by atoms with Crippen LogP contribution in [-0.2, 0) is 13.1 Å². The van der Waals surface area contributed by atoms with Crippen molar-refractivity contribution in [2.45, 2.75) is 51.8 Å². The average Bonchev–Trinajstić information content (AvgIpc) is 3.18. The second-order valence-corrected chi connectivity index (χ2v) is 11.3. The van der Waals surface area contributed by atoms with Crippen LogP contribution in [0.5, 0.6) is 0 Å². The van der Waals surface area contributed by atoms with E-state index in [1.807, 2.05) is 32.3 Å². The number of pyridine rings is 2. The van der Waals surface area contributed by atoms with Gasteiger partial charge in [0.15, 0.2) is 0 Å². The van der Waals surface area contributed by atoms with E-state index in [0.29, 0.717) is 11.9 Å². The van der Waals surface area contributed by atoms with Crippen LogP contribution in [0.25, 0.3) is 21.7 Å². The number of fused-ring (bicyclic) bond motifs is 2. The normalized spacial score (nSPS) is 17.0. The van der Waals surface area contributed by atoms with Crippen molar-refractivity contribution >= 4 is 27.4 Å². The first-order valence-corrected chi connectivity index (χ1v) is 13.1. The SMILES string of the molecule is CC(C)(O)C1CN(c2cncc3c(=O)n(Cc4ccc5cc(CNCC6CCC6)[nH]c5c4)ccc23)C1. The van der Waals surface area contributed by atoms with Crippen LogP contribution < -0.4 is 15.8 Å². The van der Waals surface area contributed by atoms with Crippen molar-refractivity contribution in [3.63, 3.8) is 0 Å². The highest BCUT2D eigenvalue weighted by Crippen LogP contribution is 2.34. The van der Waals surface area contributed by atoms with Crippen LogP contribution >= 0.6 is 0 Å². The lowest BCUT2D eigenvalue weighted by Gasteiger charge is -2.46. The van der Waals surface area contributed by atoms with E-state index in [-0.39, 0.29) is 11.5 Å². The van der Waals surface area contributed by atoms with E-state index in [9.17, 15) is 9.90 Å². The van der Waals surface area contributed by atoms with Gasteiger partial charge in [-0.05, 0) is 68.3 Å². The minimum Gasteiger partial charge on any atom is -0.390 e. The van der Waals surface area contributed by atoms with Crippen molar-refractivity contribution in [2.75, 3.05) is 24.5 Å². The van der Waals surface area contributed by atoms with Gasteiger partial charge in [0, 0.05) is 54.5 Å². The summed E-state index contributed by atoms with van der Waals surface area (Å²) in [5, 5.41) is 16.6. The minimum absolute atomic E-state index is 0.0334. The Morgan fingerprint density at radius 1 is 1.14 bits per heavy atom. The molecule has 0 amide bonds. The maximum Gasteiger partial charge on any atom is 0.260 e. The summed E-state index contributed by atoms with van der Waals surface area (Å²) in [5.41, 5.74) is 3.61. The van der Waals surface area contributed by atoms with Gasteiger partial charge in [-0.1, -0.05) is 18.6 Å². The molecule has 1 aliphatic carbocycles. The molecule has 4 aromatic rings. The smallest absolute Gasteiger partial charge is 0.260 e. The first-order valence-electron chi connectivity index (χ1n) is 13.1. The van der Waals surface area contributed by atoms with Crippen molar-refractivity contribution in [1.82, 2.24) is 19.9 Å². The molecule has 0 radical (unpaired) electrons. The molecule has 1 saturated carbocycles. The van der Waals surface area contributed by atoms with Gasteiger partial charge in [-0.3, -0.25) is 9.78 Å². The van der Waals surface area contributed by atoms with E-state index < -0.39 is 5.60 Å². The summed E-state index contributed by atoms with van der Waals surface area (Å²) in [6.45, 7) is 7.70. The number of H-pyrrole nitrogens is 1. The predicted octanol–water partition coefficient (Wildman–Crippen LogP) is 4.02. The van der Waals surface area contributed by atoms with Crippen LogP contribution in [0.3, 0.4) is 0 Å². The van der Waals surface area contributed by atoms with Crippen molar-refractivity contribution in [3.05, 3.63) is 70.5 Å². The monoisotopic (exact) mass is 485 g/mol. The molecule has 0 bridgehead atoms. The number of nitrogens with zero attached hydrogens (tertiary/aromatic N) is 3. The molecule has 188 valence electrons. The standard InChI is InChI=1S/C29H35N5O2/c1-29(2,36)22-17-34(18-22)27-15-31-14-25-24(27)8-9-33(28(25)35)16-20-6-7-21-11-23(32-26(21)10-20)13-30-12-19-4-3-5-19/h6-11,14-15,19,22,30,32,36H,3-5,12-13,16-18H2,1-2H3. The predicted molar refractivity (Wildman–Crippen MR) is 144 cm³/mol. The number of hydrogen-bond donors (Lipinski definition) is 3. The number of nitrogens with one attached hydrogen (secondary N) is 2. The van der Waals surface area contributed by atoms with Gasteiger partial charge in [-0.2, -0.15) is 0 Å². The molecule has 6 rings (SSSR count). The van der Waals surface area contributed by atoms with Crippen molar-refractivity contribution < 1.29 is 5.11 Å². The molecule has 2 fully saturated rings. The molecule has 0 unspecified atom stereocenters. The first kappa shape index (κ1) is 23.3. The Morgan fingerprint density at radius 3 is 2.72 bits per heavy atom. The molecule has 3 N–H and O–H groups in total. The van der Waals surface area contributed by atoms with Crippen LogP contribution in [0.1, 0.15) is 44.4 Å². The summed E-state index contributed by atoms with van der Waals surface area (Å²) in [7, 11) is 0. The van der Waals surface area contributed by atoms with Crippen LogP contribution in [0.4, 0.5) is 5.69 Å². The Hall–Kier alpha value is -3.16. The molecule has 1 aliphatic heterocycles. The Morgan fingerprint density at radius 2 is 1.97 bits per heavy atom. The molecule has 0 spiro atoms. The lowest BCUT2D eigenvalue weighted by Crippen LogP contribution is -2.56. The van der Waals surface area contributed by atoms with E-state index in [1.54, 1.807) is 10.8 Å². The molecular formula is C29H35N5O2. The van der Waals surface area contributed by atoms with Crippen LogP contribution in [0, 0.1) is 11.8 Å². The number of aromatic amines is 1. The molecule has 0 atom stereocenters. The molecule has 1 saturated heterocycles. The third kappa shape index (κ3) is 4.42. The molecule has 2 aliphatic rings. The molecule has 3 aromatic heterocycles. The summed E-state index contributed by atoms with van der Waals surface area (Å²) >= 11 is 0. The van der Waals surface area contributed by atoms with E-state index in [4.69, 9.17) is 0 Å². The molecule has 36 heavy (non-hydrogen) atoms. The zero-order valence-corrected chi connectivity index (χ0v) is 21.1. The number of anilines is 1. The maximum atomic E-state index is 13.4. The fourth-order valence-electron chi connectivity index (χ4n) is 5.42. The fourth-order valence-corrected chi connectivity index (χ4v) is 5.42. The molecule has 7 heteroatoms. The Kier molecular flexibility index (Phi) is 5.85. The number of aromatic nitrogens is 3. The van der Waals surface area contributed by atoms with Crippen LogP contribution in [0.15, 0.2) is 53.7 Å². The Balaban J connectivity index is 1.19. The van der Waals surface area contributed by atoms with Gasteiger partial charge < -0.3 is 24.9 Å². The molecular weight excluding hydrogens is 450 g/mol. The van der Waals surface area contributed by atoms with Gasteiger partial charge in [0.2, 0.25) is 0 Å². The summed E-state index contributed by atoms with van der Waals surface area (Å²) in [6.07, 6.45) is 9.47. The van der Waals surface area contributed by atoms with Crippen molar-refractivity contribution in [2.24, 2.45) is 11.8 Å². The van der Waals surface area contributed by atoms with E-state index >= 15 is 0 Å². The zero-order chi connectivity index (χ0) is 24.9. The van der Waals surface area contributed by atoms with Gasteiger partial charge in [-0.25, -0.2) is 0 Å². The van der Waals surface area contributed by atoms with Crippen LogP contribution in [0.2, 0.25) is 0 Å². The molecule has 7 nitrogen and oxygen atoms in total. The van der Waals surface area contributed by atoms with Gasteiger partial charge in [-0.15, -0.1) is 0 Å². The van der Waals surface area contributed by atoms with Gasteiger partial charge in [0.1, 0.15) is 0 Å². The third-order valence-corrected chi connectivity index (χ3v) is 8.17. The second-order valence-electron chi connectivity index (χ2n) is 11.3. The van der Waals surface area contributed by atoms with Crippen molar-refractivity contribution in [1.29, 1.82) is 0 Å². The Bertz CT molecular complexity index is 1450. The first-order chi connectivity index (χ1) is 17.3. The lowest BCUT2D eigenvalue weighted by atomic mass is 9.84. The average molecular weight is 486 g/mol. The summed E-state index contributed by atoms with van der Waals surface area (Å²) < 4.78 is 1.76. The third-order valence-electron chi connectivity index (χ3n) is 8.17. The number of aliphatic hydroxyl groups is 1. The van der Waals surface area contributed by atoms with E-state index in [0.717, 1.165) is 54.3 Å². The zero-order valence-electron chi connectivity index (χ0n) is 21.1. The van der Waals surface area contributed by atoms with E-state index in [1.165, 1.54) is 30.3 Å². The number of rotatable bonds is 8. The summed E-state index contributed by atoms with van der Waals surface area (Å²) in [5.74, 6) is 1.07. The second kappa shape index (κ2) is 9.05. The summed E-state index contributed by atoms with van der Waals surface area (Å²) in [4.78, 5) is 23.5. The summed E-state index contributed by atoms with van der Waals surface area (Å²) in [6, 6.07) is 10.6. The number of benzene rings is 1. The fraction of sp³-hybridized carbons (Fsp3) is 0.448. The number of hydrogen-bond acceptors (Lipinski definition) is 5. The highest BCUT2D eigenvalue weighted by atomic mass is 16.3. The lowest BCUT2D eigenvalue weighted by molar-refractivity contribution is 0.00465.